The molecule has 0 fully saturated rings. The molecule has 0 N–H and O–H groups in total. The van der Waals surface area contributed by atoms with Gasteiger partial charge in [-0.2, -0.15) is 0 Å². The first kappa shape index (κ1) is 10.2. The van der Waals surface area contributed by atoms with Crippen molar-refractivity contribution in [2.75, 3.05) is 12.3 Å². The molecule has 0 aromatic heterocycles. The van der Waals surface area contributed by atoms with Crippen molar-refractivity contribution in [3.05, 3.63) is 36.0 Å². The Labute approximate surface area is 88.5 Å². The fourth-order valence-electron chi connectivity index (χ4n) is 2.41. The topological polar surface area (TPSA) is 0 Å². The van der Waals surface area contributed by atoms with Gasteiger partial charge in [-0.1, -0.05) is 50.8 Å². The van der Waals surface area contributed by atoms with E-state index in [9.17, 15) is 0 Å². The minimum atomic E-state index is 0.182. The molecule has 0 radical (unpaired) electrons. The van der Waals surface area contributed by atoms with Gasteiger partial charge in [0.2, 0.25) is 0 Å². The summed E-state index contributed by atoms with van der Waals surface area (Å²) >= 11 is 0. The summed E-state index contributed by atoms with van der Waals surface area (Å²) in [6, 6.07) is 0. The van der Waals surface area contributed by atoms with Crippen LogP contribution in [0.4, 0.5) is 0 Å². The minimum absolute atomic E-state index is 0.182. The SMILES string of the molecule is CCC1(P2CC=C(C)C2)C=CC=CC1. The van der Waals surface area contributed by atoms with Crippen LogP contribution in [-0.2, 0) is 0 Å². The zero-order chi connectivity index (χ0) is 10.0. The zero-order valence-electron chi connectivity index (χ0n) is 9.16. The highest BCUT2D eigenvalue weighted by atomic mass is 31.1. The number of hydrogen-bond donors (Lipinski definition) is 0. The highest BCUT2D eigenvalue weighted by Crippen LogP contribution is 2.58. The minimum Gasteiger partial charge on any atom is -0.0881 e. The third kappa shape index (κ3) is 1.73. The van der Waals surface area contributed by atoms with Crippen LogP contribution in [-0.4, -0.2) is 17.5 Å². The molecule has 76 valence electrons. The van der Waals surface area contributed by atoms with Crippen molar-refractivity contribution < 1.29 is 0 Å². The van der Waals surface area contributed by atoms with Crippen LogP contribution in [0.15, 0.2) is 36.0 Å². The zero-order valence-corrected chi connectivity index (χ0v) is 10.1. The summed E-state index contributed by atoms with van der Waals surface area (Å²) in [5, 5.41) is 0.526. The molecule has 2 atom stereocenters. The van der Waals surface area contributed by atoms with E-state index in [4.69, 9.17) is 0 Å². The Balaban J connectivity index is 2.14. The van der Waals surface area contributed by atoms with Crippen LogP contribution < -0.4 is 0 Å². The van der Waals surface area contributed by atoms with Gasteiger partial charge in [-0.05, 0) is 32.1 Å². The molecule has 0 amide bonds. The smallest absolute Gasteiger partial charge is 0.0124 e. The molecule has 2 unspecified atom stereocenters. The predicted octanol–water partition coefficient (Wildman–Crippen LogP) is 4.09. The highest BCUT2D eigenvalue weighted by Gasteiger charge is 2.35. The van der Waals surface area contributed by atoms with Gasteiger partial charge in [0.1, 0.15) is 0 Å². The Morgan fingerprint density at radius 3 is 2.79 bits per heavy atom. The fraction of sp³-hybridized carbons (Fsp3) is 0.538. The van der Waals surface area contributed by atoms with Crippen LogP contribution in [0, 0.1) is 0 Å². The van der Waals surface area contributed by atoms with E-state index >= 15 is 0 Å². The lowest BCUT2D eigenvalue weighted by Crippen LogP contribution is -2.24. The summed E-state index contributed by atoms with van der Waals surface area (Å²) in [4.78, 5) is 0. The Bertz CT molecular complexity index is 298. The molecular weight excluding hydrogens is 187 g/mol. The van der Waals surface area contributed by atoms with Crippen molar-refractivity contribution >= 4 is 7.92 Å². The summed E-state index contributed by atoms with van der Waals surface area (Å²) in [5.74, 6) is 0. The molecule has 1 heteroatoms. The van der Waals surface area contributed by atoms with Gasteiger partial charge in [0.15, 0.2) is 0 Å². The Morgan fingerprint density at radius 2 is 2.29 bits per heavy atom. The average molecular weight is 206 g/mol. The van der Waals surface area contributed by atoms with Crippen LogP contribution in [0.5, 0.6) is 0 Å². The molecule has 14 heavy (non-hydrogen) atoms. The third-order valence-corrected chi connectivity index (χ3v) is 6.88. The van der Waals surface area contributed by atoms with Gasteiger partial charge in [-0.15, -0.1) is 0 Å². The van der Waals surface area contributed by atoms with Crippen molar-refractivity contribution in [1.29, 1.82) is 0 Å². The Hall–Kier alpha value is -0.350. The van der Waals surface area contributed by atoms with Gasteiger partial charge < -0.3 is 0 Å². The van der Waals surface area contributed by atoms with Crippen LogP contribution >= 0.6 is 7.92 Å². The molecule has 1 aliphatic carbocycles. The van der Waals surface area contributed by atoms with Gasteiger partial charge in [-0.3, -0.25) is 0 Å². The van der Waals surface area contributed by atoms with Crippen molar-refractivity contribution in [3.63, 3.8) is 0 Å². The molecule has 0 aromatic rings. The molecule has 2 aliphatic rings. The van der Waals surface area contributed by atoms with E-state index in [2.05, 4.69) is 44.2 Å². The van der Waals surface area contributed by atoms with E-state index in [0.717, 1.165) is 0 Å². The van der Waals surface area contributed by atoms with Gasteiger partial charge in [0.05, 0.1) is 0 Å². The molecule has 0 aromatic carbocycles. The molecule has 0 nitrogen and oxygen atoms in total. The van der Waals surface area contributed by atoms with Crippen LogP contribution in [0.25, 0.3) is 0 Å². The second-order valence-corrected chi connectivity index (χ2v) is 7.03. The van der Waals surface area contributed by atoms with Gasteiger partial charge in [-0.25, -0.2) is 0 Å². The lowest BCUT2D eigenvalue weighted by atomic mass is 9.97. The van der Waals surface area contributed by atoms with E-state index < -0.39 is 0 Å². The standard InChI is InChI=1S/C13H19P/c1-3-13(8-5-4-6-9-13)14-10-7-12(2)11-14/h4-8H,3,9-11H2,1-2H3. The van der Waals surface area contributed by atoms with Crippen molar-refractivity contribution in [2.45, 2.75) is 31.8 Å². The molecule has 2 rings (SSSR count). The molecular formula is C13H19P. The second-order valence-electron chi connectivity index (χ2n) is 4.38. The maximum atomic E-state index is 2.48. The van der Waals surface area contributed by atoms with Gasteiger partial charge in [0.25, 0.3) is 0 Å². The summed E-state index contributed by atoms with van der Waals surface area (Å²) in [7, 11) is 0.182. The van der Waals surface area contributed by atoms with Crippen molar-refractivity contribution in [2.24, 2.45) is 0 Å². The van der Waals surface area contributed by atoms with Crippen LogP contribution in [0.3, 0.4) is 0 Å². The first-order chi connectivity index (χ1) is 6.77. The lowest BCUT2D eigenvalue weighted by molar-refractivity contribution is 0.674. The lowest BCUT2D eigenvalue weighted by Gasteiger charge is -2.37. The highest BCUT2D eigenvalue weighted by molar-refractivity contribution is 7.60. The van der Waals surface area contributed by atoms with E-state index in [1.54, 1.807) is 5.57 Å². The quantitative estimate of drug-likeness (QED) is 0.471. The normalized spacial score (nSPS) is 36.1. The monoisotopic (exact) mass is 206 g/mol. The molecule has 0 saturated heterocycles. The second kappa shape index (κ2) is 4.03. The maximum Gasteiger partial charge on any atom is 0.0124 e. The molecule has 1 heterocycles. The summed E-state index contributed by atoms with van der Waals surface area (Å²) in [6.45, 7) is 4.63. The Morgan fingerprint density at radius 1 is 1.43 bits per heavy atom. The predicted molar refractivity (Wildman–Crippen MR) is 66.3 cm³/mol. The number of allylic oxidation sites excluding steroid dienone is 6. The fourth-order valence-corrected chi connectivity index (χ4v) is 5.59. The molecule has 0 bridgehead atoms. The largest absolute Gasteiger partial charge is 0.0881 e. The number of hydrogen-bond acceptors (Lipinski definition) is 0. The van der Waals surface area contributed by atoms with Crippen LogP contribution in [0.2, 0.25) is 0 Å². The van der Waals surface area contributed by atoms with Gasteiger partial charge >= 0.3 is 0 Å². The number of rotatable bonds is 2. The first-order valence-corrected chi connectivity index (χ1v) is 7.23. The van der Waals surface area contributed by atoms with Gasteiger partial charge in [0, 0.05) is 5.16 Å². The van der Waals surface area contributed by atoms with E-state index in [1.807, 2.05) is 0 Å². The molecule has 0 saturated carbocycles. The maximum absolute atomic E-state index is 2.48. The average Bonchev–Trinajstić information content (AvgIpc) is 2.66. The van der Waals surface area contributed by atoms with Crippen molar-refractivity contribution in [1.82, 2.24) is 0 Å². The summed E-state index contributed by atoms with van der Waals surface area (Å²) < 4.78 is 0. The van der Waals surface area contributed by atoms with Crippen LogP contribution in [0.1, 0.15) is 26.7 Å². The molecule has 0 spiro atoms. The third-order valence-electron chi connectivity index (χ3n) is 3.47. The Kier molecular flexibility index (Phi) is 2.93. The first-order valence-electron chi connectivity index (χ1n) is 5.52. The van der Waals surface area contributed by atoms with E-state index in [-0.39, 0.29) is 7.92 Å². The summed E-state index contributed by atoms with van der Waals surface area (Å²) in [6.07, 6.45) is 17.0. The van der Waals surface area contributed by atoms with Crippen molar-refractivity contribution in [3.8, 4) is 0 Å². The van der Waals surface area contributed by atoms with E-state index in [0.29, 0.717) is 5.16 Å². The summed E-state index contributed by atoms with van der Waals surface area (Å²) in [5.41, 5.74) is 1.62. The van der Waals surface area contributed by atoms with E-state index in [1.165, 1.54) is 25.2 Å². The molecule has 1 aliphatic heterocycles.